The van der Waals surface area contributed by atoms with E-state index in [2.05, 4.69) is 30.5 Å². The number of rotatable bonds is 4. The molecule has 0 aliphatic heterocycles. The standard InChI is InChI=1S/C20H16N8O/c1-13-8-10-27-18(25-26-20(27)24-13)19(29)22-11-14-5-4-9-21-17(14)28-12-23-15-6-2-3-7-16(15)28/h2-10,12H,11H2,1H3,(H,22,29). The third-order valence-electron chi connectivity index (χ3n) is 4.61. The van der Waals surface area contributed by atoms with Crippen LogP contribution in [-0.2, 0) is 6.54 Å². The second kappa shape index (κ2) is 6.79. The van der Waals surface area contributed by atoms with Crippen LogP contribution in [0.4, 0.5) is 0 Å². The molecule has 0 saturated carbocycles. The maximum absolute atomic E-state index is 12.7. The molecule has 1 amide bonds. The van der Waals surface area contributed by atoms with E-state index >= 15 is 0 Å². The van der Waals surface area contributed by atoms with Crippen molar-refractivity contribution in [3.05, 3.63) is 78.3 Å². The highest BCUT2D eigenvalue weighted by atomic mass is 16.2. The minimum Gasteiger partial charge on any atom is -0.345 e. The van der Waals surface area contributed by atoms with Gasteiger partial charge in [-0.25, -0.2) is 15.0 Å². The fourth-order valence-corrected chi connectivity index (χ4v) is 3.20. The van der Waals surface area contributed by atoms with Crippen LogP contribution in [0.15, 0.2) is 61.2 Å². The van der Waals surface area contributed by atoms with Gasteiger partial charge in [0.2, 0.25) is 5.82 Å². The summed E-state index contributed by atoms with van der Waals surface area (Å²) in [6, 6.07) is 13.4. The summed E-state index contributed by atoms with van der Waals surface area (Å²) in [4.78, 5) is 25.9. The normalized spacial score (nSPS) is 11.2. The van der Waals surface area contributed by atoms with Gasteiger partial charge in [0.25, 0.3) is 11.7 Å². The largest absolute Gasteiger partial charge is 0.345 e. The van der Waals surface area contributed by atoms with Crippen LogP contribution in [0.3, 0.4) is 0 Å². The van der Waals surface area contributed by atoms with Gasteiger partial charge in [-0.1, -0.05) is 18.2 Å². The number of carbonyl (C=O) groups is 1. The third-order valence-corrected chi connectivity index (χ3v) is 4.61. The molecule has 5 rings (SSSR count). The van der Waals surface area contributed by atoms with E-state index in [4.69, 9.17) is 0 Å². The lowest BCUT2D eigenvalue weighted by molar-refractivity contribution is 0.0939. The lowest BCUT2D eigenvalue weighted by Crippen LogP contribution is -2.26. The molecule has 0 aliphatic rings. The predicted molar refractivity (Wildman–Crippen MR) is 106 cm³/mol. The second-order valence-corrected chi connectivity index (χ2v) is 6.53. The van der Waals surface area contributed by atoms with Crippen molar-refractivity contribution in [1.82, 2.24) is 39.4 Å². The smallest absolute Gasteiger partial charge is 0.289 e. The zero-order valence-corrected chi connectivity index (χ0v) is 15.5. The number of nitrogens with one attached hydrogen (secondary N) is 1. The van der Waals surface area contributed by atoms with Gasteiger partial charge in [-0.3, -0.25) is 13.8 Å². The van der Waals surface area contributed by atoms with Gasteiger partial charge in [-0.15, -0.1) is 10.2 Å². The maximum Gasteiger partial charge on any atom is 0.289 e. The first kappa shape index (κ1) is 17.0. The maximum atomic E-state index is 12.7. The predicted octanol–water partition coefficient (Wildman–Crippen LogP) is 2.10. The van der Waals surface area contributed by atoms with Crippen LogP contribution >= 0.6 is 0 Å². The molecular weight excluding hydrogens is 368 g/mol. The molecule has 0 spiro atoms. The van der Waals surface area contributed by atoms with Crippen molar-refractivity contribution in [3.8, 4) is 5.82 Å². The Bertz CT molecular complexity index is 1350. The Balaban J connectivity index is 1.43. The highest BCUT2D eigenvalue weighted by molar-refractivity contribution is 5.91. The molecule has 9 nitrogen and oxygen atoms in total. The van der Waals surface area contributed by atoms with Crippen LogP contribution < -0.4 is 5.32 Å². The summed E-state index contributed by atoms with van der Waals surface area (Å²) in [5.74, 6) is 0.950. The van der Waals surface area contributed by atoms with E-state index in [-0.39, 0.29) is 18.3 Å². The summed E-state index contributed by atoms with van der Waals surface area (Å²) in [7, 11) is 0. The van der Waals surface area contributed by atoms with E-state index in [0.717, 1.165) is 22.3 Å². The minimum absolute atomic E-state index is 0.186. The molecule has 4 aromatic heterocycles. The summed E-state index contributed by atoms with van der Waals surface area (Å²) >= 11 is 0. The average molecular weight is 384 g/mol. The Hall–Kier alpha value is -4.14. The third kappa shape index (κ3) is 2.98. The zero-order valence-electron chi connectivity index (χ0n) is 15.5. The molecule has 29 heavy (non-hydrogen) atoms. The zero-order chi connectivity index (χ0) is 19.8. The number of hydrogen-bond acceptors (Lipinski definition) is 6. The number of nitrogens with zero attached hydrogens (tertiary/aromatic N) is 7. The molecule has 142 valence electrons. The molecule has 0 unspecified atom stereocenters. The van der Waals surface area contributed by atoms with Crippen LogP contribution in [0.1, 0.15) is 21.9 Å². The number of carbonyl (C=O) groups excluding carboxylic acids is 1. The SMILES string of the molecule is Cc1ccn2c(C(=O)NCc3cccnc3-n3cnc4ccccc43)nnc2n1. The van der Waals surface area contributed by atoms with E-state index in [0.29, 0.717) is 11.6 Å². The van der Waals surface area contributed by atoms with Crippen molar-refractivity contribution in [2.24, 2.45) is 0 Å². The van der Waals surface area contributed by atoms with Crippen molar-refractivity contribution in [2.75, 3.05) is 0 Å². The minimum atomic E-state index is -0.339. The highest BCUT2D eigenvalue weighted by Crippen LogP contribution is 2.19. The van der Waals surface area contributed by atoms with Crippen LogP contribution in [0.5, 0.6) is 0 Å². The van der Waals surface area contributed by atoms with Crippen molar-refractivity contribution in [1.29, 1.82) is 0 Å². The lowest BCUT2D eigenvalue weighted by atomic mass is 10.2. The van der Waals surface area contributed by atoms with E-state index in [1.165, 1.54) is 0 Å². The number of para-hydroxylation sites is 2. The fourth-order valence-electron chi connectivity index (χ4n) is 3.20. The highest BCUT2D eigenvalue weighted by Gasteiger charge is 2.16. The van der Waals surface area contributed by atoms with Crippen LogP contribution in [0.25, 0.3) is 22.6 Å². The Morgan fingerprint density at radius 2 is 1.97 bits per heavy atom. The number of hydrogen-bond donors (Lipinski definition) is 1. The Morgan fingerprint density at radius 3 is 2.90 bits per heavy atom. The fraction of sp³-hybridized carbons (Fsp3) is 0.100. The quantitative estimate of drug-likeness (QED) is 0.509. The molecule has 0 aliphatic carbocycles. The summed E-state index contributed by atoms with van der Waals surface area (Å²) in [6.07, 6.45) is 5.19. The second-order valence-electron chi connectivity index (χ2n) is 6.53. The first-order valence-corrected chi connectivity index (χ1v) is 9.03. The molecule has 4 heterocycles. The van der Waals surface area contributed by atoms with Crippen LogP contribution in [0.2, 0.25) is 0 Å². The summed E-state index contributed by atoms with van der Waals surface area (Å²) in [5.41, 5.74) is 3.49. The van der Waals surface area contributed by atoms with Gasteiger partial charge >= 0.3 is 0 Å². The summed E-state index contributed by atoms with van der Waals surface area (Å²) < 4.78 is 3.48. The summed E-state index contributed by atoms with van der Waals surface area (Å²) in [5, 5.41) is 10.8. The van der Waals surface area contributed by atoms with Crippen molar-refractivity contribution in [2.45, 2.75) is 13.5 Å². The molecular formula is C20H16N8O. The molecule has 1 N–H and O–H groups in total. The van der Waals surface area contributed by atoms with Crippen LogP contribution in [-0.4, -0.2) is 40.0 Å². The molecule has 0 atom stereocenters. The van der Waals surface area contributed by atoms with E-state index in [9.17, 15) is 4.79 Å². The number of fused-ring (bicyclic) bond motifs is 2. The van der Waals surface area contributed by atoms with Gasteiger partial charge in [0, 0.05) is 30.2 Å². The molecule has 9 heteroatoms. The average Bonchev–Trinajstić information content (AvgIpc) is 3.36. The Kier molecular flexibility index (Phi) is 3.98. The number of amides is 1. The molecule has 1 aromatic carbocycles. The van der Waals surface area contributed by atoms with Crippen molar-refractivity contribution < 1.29 is 4.79 Å². The molecule has 0 bridgehead atoms. The van der Waals surface area contributed by atoms with E-state index in [1.807, 2.05) is 47.9 Å². The lowest BCUT2D eigenvalue weighted by Gasteiger charge is -2.10. The number of imidazole rings is 1. The number of pyridine rings is 1. The number of benzene rings is 1. The summed E-state index contributed by atoms with van der Waals surface area (Å²) in [6.45, 7) is 2.14. The topological polar surface area (TPSA) is 103 Å². The van der Waals surface area contributed by atoms with Gasteiger partial charge in [-0.2, -0.15) is 0 Å². The monoisotopic (exact) mass is 384 g/mol. The van der Waals surface area contributed by atoms with Gasteiger partial charge < -0.3 is 5.32 Å². The first-order chi connectivity index (χ1) is 14.2. The molecule has 5 aromatic rings. The van der Waals surface area contributed by atoms with Gasteiger partial charge in [-0.05, 0) is 31.2 Å². The van der Waals surface area contributed by atoms with Crippen LogP contribution in [0, 0.1) is 6.92 Å². The molecule has 0 fully saturated rings. The molecule has 0 saturated heterocycles. The van der Waals surface area contributed by atoms with Gasteiger partial charge in [0.05, 0.1) is 11.0 Å². The molecule has 0 radical (unpaired) electrons. The Morgan fingerprint density at radius 1 is 1.07 bits per heavy atom. The van der Waals surface area contributed by atoms with Gasteiger partial charge in [0.1, 0.15) is 12.1 Å². The van der Waals surface area contributed by atoms with Crippen molar-refractivity contribution in [3.63, 3.8) is 0 Å². The number of aromatic nitrogens is 7. The Labute approximate surface area is 165 Å². The van der Waals surface area contributed by atoms with Crippen molar-refractivity contribution >= 4 is 22.7 Å². The van der Waals surface area contributed by atoms with E-state index < -0.39 is 0 Å². The van der Waals surface area contributed by atoms with E-state index in [1.54, 1.807) is 29.2 Å². The first-order valence-electron chi connectivity index (χ1n) is 9.03. The number of aryl methyl sites for hydroxylation is 1. The van der Waals surface area contributed by atoms with Gasteiger partial charge in [0.15, 0.2) is 0 Å².